The second kappa shape index (κ2) is 5.61. The number of esters is 1. The number of alkyl halides is 1. The van der Waals surface area contributed by atoms with Gasteiger partial charge in [-0.2, -0.15) is 0 Å². The third-order valence-electron chi connectivity index (χ3n) is 3.44. The van der Waals surface area contributed by atoms with Crippen LogP contribution in [0.15, 0.2) is 18.2 Å². The number of cyclic esters (lactones) is 1. The molecule has 2 rings (SSSR count). The summed E-state index contributed by atoms with van der Waals surface area (Å²) in [7, 11) is 0. The number of anilines is 1. The number of aryl methyl sites for hydroxylation is 1. The summed E-state index contributed by atoms with van der Waals surface area (Å²) in [4.78, 5) is 25.3. The summed E-state index contributed by atoms with van der Waals surface area (Å²) in [6.45, 7) is 4.25. The molecule has 1 heterocycles. The first kappa shape index (κ1) is 13.9. The molecule has 1 aliphatic heterocycles. The zero-order valence-electron chi connectivity index (χ0n) is 11.0. The summed E-state index contributed by atoms with van der Waals surface area (Å²) in [6.07, 6.45) is 0.509. The van der Waals surface area contributed by atoms with Crippen LogP contribution in [0.3, 0.4) is 0 Å². The number of rotatable bonds is 3. The van der Waals surface area contributed by atoms with E-state index < -0.39 is 6.04 Å². The summed E-state index contributed by atoms with van der Waals surface area (Å²) in [6, 6.07) is 5.10. The van der Waals surface area contributed by atoms with Crippen LogP contribution in [0.5, 0.6) is 0 Å². The molecule has 1 aromatic rings. The van der Waals surface area contributed by atoms with Crippen LogP contribution in [0.4, 0.5) is 5.69 Å². The highest BCUT2D eigenvalue weighted by Gasteiger charge is 2.36. The predicted octanol–water partition coefficient (Wildman–Crippen LogP) is 2.19. The summed E-state index contributed by atoms with van der Waals surface area (Å²) >= 11 is 5.67. The average Bonchev–Trinajstić information content (AvgIpc) is 2.81. The zero-order valence-corrected chi connectivity index (χ0v) is 11.7. The highest BCUT2D eigenvalue weighted by Crippen LogP contribution is 2.28. The smallest absolute Gasteiger partial charge is 0.329 e. The van der Waals surface area contributed by atoms with E-state index in [9.17, 15) is 9.59 Å². The molecule has 0 N–H and O–H groups in total. The Labute approximate surface area is 117 Å². The number of halogens is 1. The van der Waals surface area contributed by atoms with Crippen molar-refractivity contribution < 1.29 is 14.3 Å². The van der Waals surface area contributed by atoms with Crippen molar-refractivity contribution in [3.63, 3.8) is 0 Å². The standard InChI is InChI=1S/C14H16ClNO3/c1-9-4-3-5-11(10(9)2)16(13(17)8-15)12-6-7-19-14(12)18/h3-5,12H,6-8H2,1-2H3/t12-/m1/s1. The minimum absolute atomic E-state index is 0.156. The SMILES string of the molecule is Cc1cccc(N(C(=O)CCl)[C@@H]2CCOC2=O)c1C. The van der Waals surface area contributed by atoms with Gasteiger partial charge in [0, 0.05) is 12.1 Å². The lowest BCUT2D eigenvalue weighted by atomic mass is 10.1. The summed E-state index contributed by atoms with van der Waals surface area (Å²) < 4.78 is 4.96. The van der Waals surface area contributed by atoms with E-state index in [1.807, 2.05) is 32.0 Å². The van der Waals surface area contributed by atoms with Crippen molar-refractivity contribution in [1.82, 2.24) is 0 Å². The van der Waals surface area contributed by atoms with Crippen LogP contribution in [0, 0.1) is 13.8 Å². The van der Waals surface area contributed by atoms with Crippen LogP contribution < -0.4 is 4.90 Å². The van der Waals surface area contributed by atoms with Crippen molar-refractivity contribution in [1.29, 1.82) is 0 Å². The van der Waals surface area contributed by atoms with E-state index in [2.05, 4.69) is 0 Å². The normalized spacial score (nSPS) is 18.3. The van der Waals surface area contributed by atoms with Gasteiger partial charge in [-0.1, -0.05) is 12.1 Å². The highest BCUT2D eigenvalue weighted by molar-refractivity contribution is 6.29. The van der Waals surface area contributed by atoms with Gasteiger partial charge in [-0.15, -0.1) is 11.6 Å². The van der Waals surface area contributed by atoms with Crippen LogP contribution in [-0.2, 0) is 14.3 Å². The van der Waals surface area contributed by atoms with Crippen molar-refractivity contribution in [3.05, 3.63) is 29.3 Å². The van der Waals surface area contributed by atoms with Crippen LogP contribution in [0.1, 0.15) is 17.5 Å². The predicted molar refractivity (Wildman–Crippen MR) is 73.5 cm³/mol. The van der Waals surface area contributed by atoms with Gasteiger partial charge in [0.05, 0.1) is 6.61 Å². The van der Waals surface area contributed by atoms with Crippen LogP contribution in [-0.4, -0.2) is 30.4 Å². The molecular weight excluding hydrogens is 266 g/mol. The Balaban J connectivity index is 2.46. The van der Waals surface area contributed by atoms with Gasteiger partial charge in [-0.05, 0) is 31.0 Å². The summed E-state index contributed by atoms with van der Waals surface area (Å²) in [5, 5.41) is 0. The number of hydrogen-bond donors (Lipinski definition) is 0. The van der Waals surface area contributed by atoms with Crippen molar-refractivity contribution in [2.24, 2.45) is 0 Å². The van der Waals surface area contributed by atoms with E-state index in [4.69, 9.17) is 16.3 Å². The number of benzene rings is 1. The van der Waals surface area contributed by atoms with E-state index >= 15 is 0 Å². The van der Waals surface area contributed by atoms with Gasteiger partial charge in [-0.3, -0.25) is 9.69 Å². The Morgan fingerprint density at radius 3 is 2.79 bits per heavy atom. The summed E-state index contributed by atoms with van der Waals surface area (Å²) in [5.74, 6) is -0.796. The Morgan fingerprint density at radius 1 is 1.47 bits per heavy atom. The van der Waals surface area contributed by atoms with Crippen molar-refractivity contribution in [2.45, 2.75) is 26.3 Å². The van der Waals surface area contributed by atoms with Gasteiger partial charge >= 0.3 is 5.97 Å². The molecule has 1 amide bonds. The minimum atomic E-state index is -0.563. The van der Waals surface area contributed by atoms with Crippen molar-refractivity contribution in [3.8, 4) is 0 Å². The molecule has 5 heteroatoms. The first-order valence-electron chi connectivity index (χ1n) is 6.17. The van der Waals surface area contributed by atoms with Gasteiger partial charge < -0.3 is 4.74 Å². The number of amides is 1. The number of hydrogen-bond acceptors (Lipinski definition) is 3. The minimum Gasteiger partial charge on any atom is -0.464 e. The van der Waals surface area contributed by atoms with Crippen LogP contribution >= 0.6 is 11.6 Å². The second-order valence-corrected chi connectivity index (χ2v) is 4.86. The van der Waals surface area contributed by atoms with Crippen LogP contribution in [0.25, 0.3) is 0 Å². The molecule has 1 aromatic carbocycles. The molecule has 1 aliphatic rings. The Hall–Kier alpha value is -1.55. The largest absolute Gasteiger partial charge is 0.464 e. The average molecular weight is 282 g/mol. The Kier molecular flexibility index (Phi) is 4.10. The maximum absolute atomic E-state index is 12.1. The van der Waals surface area contributed by atoms with Crippen LogP contribution in [0.2, 0.25) is 0 Å². The molecule has 1 saturated heterocycles. The molecular formula is C14H16ClNO3. The lowest BCUT2D eigenvalue weighted by Crippen LogP contribution is -2.44. The number of carbonyl (C=O) groups excluding carboxylic acids is 2. The van der Waals surface area contributed by atoms with Gasteiger partial charge in [0.1, 0.15) is 11.9 Å². The number of nitrogens with zero attached hydrogens (tertiary/aromatic N) is 1. The topological polar surface area (TPSA) is 46.6 Å². The third kappa shape index (κ3) is 2.59. The molecule has 19 heavy (non-hydrogen) atoms. The molecule has 0 unspecified atom stereocenters. The maximum atomic E-state index is 12.1. The highest BCUT2D eigenvalue weighted by atomic mass is 35.5. The molecule has 1 fully saturated rings. The molecule has 1 atom stereocenters. The molecule has 0 spiro atoms. The lowest BCUT2D eigenvalue weighted by molar-refractivity contribution is -0.140. The fraction of sp³-hybridized carbons (Fsp3) is 0.429. The molecule has 0 radical (unpaired) electrons. The van der Waals surface area contributed by atoms with E-state index in [0.717, 1.165) is 16.8 Å². The first-order valence-corrected chi connectivity index (χ1v) is 6.70. The van der Waals surface area contributed by atoms with E-state index in [0.29, 0.717) is 13.0 Å². The van der Waals surface area contributed by atoms with Crippen molar-refractivity contribution in [2.75, 3.05) is 17.4 Å². The monoisotopic (exact) mass is 281 g/mol. The number of carbonyl (C=O) groups is 2. The quantitative estimate of drug-likeness (QED) is 0.630. The van der Waals surface area contributed by atoms with Gasteiger partial charge in [0.25, 0.3) is 0 Å². The number of ether oxygens (including phenoxy) is 1. The van der Waals surface area contributed by atoms with E-state index in [1.54, 1.807) is 0 Å². The second-order valence-electron chi connectivity index (χ2n) is 4.59. The fourth-order valence-electron chi connectivity index (χ4n) is 2.26. The fourth-order valence-corrected chi connectivity index (χ4v) is 2.39. The maximum Gasteiger partial charge on any atom is 0.329 e. The molecule has 0 aromatic heterocycles. The van der Waals surface area contributed by atoms with Crippen molar-refractivity contribution >= 4 is 29.2 Å². The Bertz CT molecular complexity index is 515. The van der Waals surface area contributed by atoms with Gasteiger partial charge in [0.2, 0.25) is 5.91 Å². The third-order valence-corrected chi connectivity index (χ3v) is 3.67. The van der Waals surface area contributed by atoms with Gasteiger partial charge in [0.15, 0.2) is 0 Å². The van der Waals surface area contributed by atoms with E-state index in [-0.39, 0.29) is 17.8 Å². The molecule has 102 valence electrons. The molecule has 4 nitrogen and oxygen atoms in total. The zero-order chi connectivity index (χ0) is 14.0. The first-order chi connectivity index (χ1) is 9.06. The molecule has 0 saturated carbocycles. The lowest BCUT2D eigenvalue weighted by Gasteiger charge is -2.28. The molecule has 0 aliphatic carbocycles. The molecule has 0 bridgehead atoms. The van der Waals surface area contributed by atoms with Gasteiger partial charge in [-0.25, -0.2) is 4.79 Å². The summed E-state index contributed by atoms with van der Waals surface area (Å²) in [5.41, 5.74) is 2.77. The Morgan fingerprint density at radius 2 is 2.21 bits per heavy atom. The van der Waals surface area contributed by atoms with E-state index in [1.165, 1.54) is 4.90 Å².